The molecule has 15 N–H and O–H groups in total. The molecule has 0 aromatic carbocycles. The van der Waals surface area contributed by atoms with Crippen LogP contribution in [0.4, 0.5) is 31.4 Å². The summed E-state index contributed by atoms with van der Waals surface area (Å²) < 4.78 is 168. The topological polar surface area (TPSA) is 752 Å². The smallest absolute Gasteiger partial charge is 0.432 e. The lowest BCUT2D eigenvalue weighted by Gasteiger charge is -2.28. The summed E-state index contributed by atoms with van der Waals surface area (Å²) in [5, 5.41) is 62.8. The fourth-order valence-corrected chi connectivity index (χ4v) is 23.6. The number of aliphatic hydroxyl groups excluding tert-OH is 6. The van der Waals surface area contributed by atoms with Gasteiger partial charge >= 0.3 is 55.9 Å². The molecule has 0 saturated carbocycles. The number of pyridine rings is 3. The lowest BCUT2D eigenvalue weighted by Crippen LogP contribution is -2.39. The number of nitrogen functional groups attached to an aromatic ring is 3. The van der Waals surface area contributed by atoms with Crippen molar-refractivity contribution in [2.24, 2.45) is 0 Å². The molecular weight excluding hydrogens is 2010 g/mol. The molecule has 63 heteroatoms. The normalized spacial score (nSPS) is 27.1. The van der Waals surface area contributed by atoms with Gasteiger partial charge in [-0.2, -0.15) is 0 Å². The molecule has 142 heavy (non-hydrogen) atoms. The SMILES string of the molecule is C.CO[C@H]1C(OP(=O)(OC[C@H]2O[C@@H](n3cnc4c(N)ccnc43)CC2O)SCOC(=O)OC(C)C)[C@@H](CO)O[C@H]1n1ccc(=O)[nH]c1=O.CO[C@H]1C(O[P@@](=O)(OC[C@H]2O[C@@H](n3cnc4c(N)ccnc43)CC2O)SCOC(=O)OC(C)C)[C@@H](CO)O[C@H]1n1ccc(=O)[nH]c1=O.CO[C@H]1C(O[P@](=O)(OC[C@H]2O[C@@H](n3cnc4c(N)ccnc43)CC2O)SCOC(=O)OC(C)C)[C@@H](CO)O[C@H]1n1ccc(=O)[nH]c1=O. The largest absolute Gasteiger partial charge is 0.509 e. The fraction of sp³-hybridized carbons (Fsp3) is 0.582. The highest BCUT2D eigenvalue weighted by Crippen LogP contribution is 2.66. The summed E-state index contributed by atoms with van der Waals surface area (Å²) in [6.45, 7) is -6.69. The molecule has 7 unspecified atom stereocenters. The number of nitrogens with two attached hydrogens (primary N) is 3. The van der Waals surface area contributed by atoms with Crippen LogP contribution in [0.2, 0.25) is 0 Å². The van der Waals surface area contributed by atoms with Gasteiger partial charge in [0.2, 0.25) is 0 Å². The molecule has 0 bridgehead atoms. The molecule has 6 saturated heterocycles. The molecule has 9 aromatic rings. The Kier molecular flexibility index (Phi) is 38.4. The Bertz CT molecular complexity index is 5740. The van der Waals surface area contributed by atoms with Crippen LogP contribution in [0.1, 0.15) is 106 Å². The van der Waals surface area contributed by atoms with Gasteiger partial charge in [-0.1, -0.05) is 7.43 Å². The zero-order chi connectivity index (χ0) is 102. The zero-order valence-corrected chi connectivity index (χ0v) is 81.5. The number of rotatable bonds is 39. The number of imidazole rings is 3. The van der Waals surface area contributed by atoms with Gasteiger partial charge in [0.1, 0.15) is 108 Å². The van der Waals surface area contributed by atoms with Gasteiger partial charge in [-0.15, -0.1) is 0 Å². The third-order valence-electron chi connectivity index (χ3n) is 21.7. The molecule has 9 aromatic heterocycles. The monoisotopic (exact) mass is 2120 g/mol. The molecule has 15 rings (SSSR count). The summed E-state index contributed by atoms with van der Waals surface area (Å²) in [5.74, 6) is -1.61. The summed E-state index contributed by atoms with van der Waals surface area (Å²) in [4.78, 5) is 140. The predicted molar refractivity (Wildman–Crippen MR) is 496 cm³/mol. The average Bonchev–Trinajstić information content (AvgIpc) is 1.62. The predicted octanol–water partition coefficient (Wildman–Crippen LogP) is 3.27. The molecule has 6 aliphatic rings. The van der Waals surface area contributed by atoms with Crippen molar-refractivity contribution in [3.63, 3.8) is 0 Å². The Labute approximate surface area is 815 Å². The summed E-state index contributed by atoms with van der Waals surface area (Å²) in [6.07, 6.45) is -14.5. The fourth-order valence-electron chi connectivity index (χ4n) is 15.2. The van der Waals surface area contributed by atoms with Crippen LogP contribution in [0.3, 0.4) is 0 Å². The number of ether oxygens (including phenoxy) is 15. The van der Waals surface area contributed by atoms with E-state index in [1.165, 1.54) is 77.5 Å². The van der Waals surface area contributed by atoms with Gasteiger partial charge in [0.05, 0.1) is 112 Å². The number of carbonyl (C=O) groups excluding carboxylic acids is 3. The number of fused-ring (bicyclic) bond motifs is 3. The summed E-state index contributed by atoms with van der Waals surface area (Å²) >= 11 is 1.45. The summed E-state index contributed by atoms with van der Waals surface area (Å²) in [5.41, 5.74) is 17.5. The number of nitrogens with zero attached hydrogens (tertiary/aromatic N) is 12. The molecule has 0 amide bonds. The number of hydrogen-bond acceptors (Lipinski definition) is 51. The van der Waals surface area contributed by atoms with Crippen LogP contribution < -0.4 is 50.9 Å². The Balaban J connectivity index is 0.000000190. The maximum Gasteiger partial charge on any atom is 0.509 e. The number of aliphatic hydroxyl groups is 6. The van der Waals surface area contributed by atoms with E-state index >= 15 is 0 Å². The van der Waals surface area contributed by atoms with Gasteiger partial charge in [0.25, 0.3) is 16.7 Å². The van der Waals surface area contributed by atoms with Crippen LogP contribution >= 0.6 is 54.5 Å². The minimum absolute atomic E-state index is 0. The van der Waals surface area contributed by atoms with Gasteiger partial charge in [-0.3, -0.25) is 83.9 Å². The average molecular weight is 2120 g/mol. The highest BCUT2D eigenvalue weighted by molar-refractivity contribution is 8.55. The van der Waals surface area contributed by atoms with Crippen LogP contribution in [0, 0.1) is 0 Å². The van der Waals surface area contributed by atoms with Gasteiger partial charge in [0.15, 0.2) is 53.4 Å². The Morgan fingerprint density at radius 3 is 0.901 bits per heavy atom. The second-order valence-electron chi connectivity index (χ2n) is 32.2. The first-order valence-electron chi connectivity index (χ1n) is 43.0. The second-order valence-corrected chi connectivity index (χ2v) is 44.1. The van der Waals surface area contributed by atoms with E-state index in [0.717, 1.165) is 31.9 Å². The van der Waals surface area contributed by atoms with Crippen molar-refractivity contribution >= 4 is 124 Å². The molecule has 0 radical (unpaired) electrons. The van der Waals surface area contributed by atoms with E-state index in [0.29, 0.717) is 84.7 Å². The van der Waals surface area contributed by atoms with Crippen molar-refractivity contribution in [2.45, 2.75) is 215 Å². The highest BCUT2D eigenvalue weighted by atomic mass is 32.7. The van der Waals surface area contributed by atoms with Crippen molar-refractivity contribution in [3.05, 3.63) is 155 Å². The molecule has 0 aliphatic carbocycles. The van der Waals surface area contributed by atoms with Crippen molar-refractivity contribution in [3.8, 4) is 0 Å². The standard InChI is InChI=1S/3C26H35N6O13PS.CH4/c3*1-13(2)42-26(37)40-12-47-46(38,45-21-16(9-33)44-24(22(21)39-3)31-7-5-18(35)30-25(31)36)41-10-17-15(34)8-19(43-17)32-11-29-20-14(27)4-6-28-23(20)32;/h3*4-7,11,13,15-17,19,21-22,24,33-34H,8-10,12H2,1-3H3,(H2,27,28)(H,30,35,36);1H4/t15?,16-,17-,19-,21?,22+,24-,46?;15?,16-,17-,19-,21?,22+,24-,46+;15?,16-,17-,19-,21?,22+,24-,46-;/m111./s1. The minimum atomic E-state index is -4.37. The van der Waals surface area contributed by atoms with E-state index in [-0.39, 0.29) is 26.7 Å². The summed E-state index contributed by atoms with van der Waals surface area (Å²) in [6, 6.07) is 8.09. The molecule has 15 heterocycles. The number of hydrogen-bond donors (Lipinski definition) is 12. The second kappa shape index (κ2) is 49.3. The Hall–Kier alpha value is -9.99. The van der Waals surface area contributed by atoms with E-state index in [1.54, 1.807) is 73.4 Å². The quantitative estimate of drug-likeness (QED) is 0.0114. The molecule has 6 fully saturated rings. The number of methoxy groups -OCH3 is 3. The van der Waals surface area contributed by atoms with Gasteiger partial charge in [-0.05, 0) is 59.7 Å². The first-order chi connectivity index (χ1) is 67.3. The number of aromatic nitrogens is 15. The van der Waals surface area contributed by atoms with E-state index in [4.69, 9.17) is 115 Å². The maximum absolute atomic E-state index is 14.2. The Morgan fingerprint density at radius 1 is 0.408 bits per heavy atom. The molecule has 24 atom stereocenters. The maximum atomic E-state index is 14.2. The molecular formula is C79H109N18O39P3S3. The molecule has 6 aliphatic heterocycles. The molecule has 0 spiro atoms. The van der Waals surface area contributed by atoms with Crippen LogP contribution in [0.5, 0.6) is 0 Å². The van der Waals surface area contributed by atoms with Crippen LogP contribution in [0.15, 0.2) is 121 Å². The van der Waals surface area contributed by atoms with Crippen LogP contribution in [-0.4, -0.2) is 310 Å². The number of nitrogens with one attached hydrogen (secondary N) is 3. The van der Waals surface area contributed by atoms with E-state index in [9.17, 15) is 87.5 Å². The van der Waals surface area contributed by atoms with Crippen molar-refractivity contribution < 1.29 is 157 Å². The van der Waals surface area contributed by atoms with Gasteiger partial charge in [0, 0.05) is 130 Å². The number of H-pyrrole nitrogens is 3. The first kappa shape index (κ1) is 111. The lowest BCUT2D eigenvalue weighted by molar-refractivity contribution is -0.0625. The number of anilines is 3. The minimum Gasteiger partial charge on any atom is -0.432 e. The lowest BCUT2D eigenvalue weighted by atomic mass is 10.1. The van der Waals surface area contributed by atoms with Crippen molar-refractivity contribution in [2.75, 3.05) is 96.0 Å². The van der Waals surface area contributed by atoms with E-state index < -0.39 is 277 Å². The number of carbonyl (C=O) groups is 3. The van der Waals surface area contributed by atoms with Crippen molar-refractivity contribution in [1.82, 2.24) is 72.3 Å². The third kappa shape index (κ3) is 26.8. The molecule has 782 valence electrons. The summed E-state index contributed by atoms with van der Waals surface area (Å²) in [7, 11) is 3.84. The highest BCUT2D eigenvalue weighted by Gasteiger charge is 2.55. The molecule has 57 nitrogen and oxygen atoms in total. The van der Waals surface area contributed by atoms with Crippen molar-refractivity contribution in [1.29, 1.82) is 0 Å². The Morgan fingerprint density at radius 2 is 0.669 bits per heavy atom. The van der Waals surface area contributed by atoms with Gasteiger partial charge < -0.3 is 119 Å². The number of aromatic amines is 3. The van der Waals surface area contributed by atoms with Gasteiger partial charge in [-0.25, -0.2) is 72.4 Å². The van der Waals surface area contributed by atoms with Crippen LogP contribution in [0.25, 0.3) is 33.5 Å². The van der Waals surface area contributed by atoms with Crippen LogP contribution in [-0.2, 0) is 112 Å². The third-order valence-corrected chi connectivity index (χ3v) is 31.7. The first-order valence-corrected chi connectivity index (χ1v) is 52.4. The van der Waals surface area contributed by atoms with E-state index in [1.807, 2.05) is 0 Å². The van der Waals surface area contributed by atoms with E-state index in [2.05, 4.69) is 44.9 Å². The zero-order valence-electron chi connectivity index (χ0n) is 76.3.